The summed E-state index contributed by atoms with van der Waals surface area (Å²) in [4.78, 5) is 37.0. The monoisotopic (exact) mass is 303 g/mol. The predicted octanol–water partition coefficient (Wildman–Crippen LogP) is 1.32. The topological polar surface area (TPSA) is 78.5 Å². The van der Waals surface area contributed by atoms with Crippen molar-refractivity contribution in [2.75, 3.05) is 13.6 Å². The molecule has 2 rings (SSSR count). The van der Waals surface area contributed by atoms with E-state index in [4.69, 9.17) is 0 Å². The molecule has 1 saturated heterocycles. The highest BCUT2D eigenvalue weighted by molar-refractivity contribution is 6.09. The van der Waals surface area contributed by atoms with E-state index in [1.165, 1.54) is 7.05 Å². The number of urea groups is 1. The predicted molar refractivity (Wildman–Crippen MR) is 82.2 cm³/mol. The van der Waals surface area contributed by atoms with Gasteiger partial charge in [0.05, 0.1) is 0 Å². The number of benzene rings is 1. The SMILES string of the molecule is CNC(=O)CN1C(=O)NC(C)(c2ccc(C(C)C)cc2)C1=O. The second-order valence-electron chi connectivity index (χ2n) is 5.90. The van der Waals surface area contributed by atoms with Crippen molar-refractivity contribution >= 4 is 17.8 Å². The number of carbonyl (C=O) groups is 3. The highest BCUT2D eigenvalue weighted by atomic mass is 16.2. The van der Waals surface area contributed by atoms with Gasteiger partial charge in [-0.1, -0.05) is 38.1 Å². The van der Waals surface area contributed by atoms with Crippen LogP contribution in [-0.2, 0) is 15.1 Å². The lowest BCUT2D eigenvalue weighted by Crippen LogP contribution is -2.42. The third kappa shape index (κ3) is 2.68. The molecule has 2 N–H and O–H groups in total. The Morgan fingerprint density at radius 3 is 2.36 bits per heavy atom. The van der Waals surface area contributed by atoms with Gasteiger partial charge in [0.1, 0.15) is 12.1 Å². The van der Waals surface area contributed by atoms with Crippen molar-refractivity contribution in [3.8, 4) is 0 Å². The van der Waals surface area contributed by atoms with Gasteiger partial charge in [-0.05, 0) is 24.0 Å². The van der Waals surface area contributed by atoms with Crippen LogP contribution < -0.4 is 10.6 Å². The number of hydrogen-bond acceptors (Lipinski definition) is 3. The molecule has 118 valence electrons. The van der Waals surface area contributed by atoms with Crippen molar-refractivity contribution in [2.45, 2.75) is 32.2 Å². The standard InChI is InChI=1S/C16H21N3O3/c1-10(2)11-5-7-12(8-6-11)16(3)14(21)19(15(22)18-16)9-13(20)17-4/h5-8,10H,9H2,1-4H3,(H,17,20)(H,18,22). The van der Waals surface area contributed by atoms with Crippen molar-refractivity contribution in [3.63, 3.8) is 0 Å². The third-order valence-electron chi connectivity index (χ3n) is 4.01. The largest absolute Gasteiger partial charge is 0.358 e. The van der Waals surface area contributed by atoms with E-state index in [9.17, 15) is 14.4 Å². The molecule has 4 amide bonds. The van der Waals surface area contributed by atoms with Gasteiger partial charge in [0, 0.05) is 7.05 Å². The van der Waals surface area contributed by atoms with Gasteiger partial charge in [-0.2, -0.15) is 0 Å². The fourth-order valence-electron chi connectivity index (χ4n) is 2.46. The van der Waals surface area contributed by atoms with E-state index in [-0.39, 0.29) is 12.5 Å². The van der Waals surface area contributed by atoms with Crippen LogP contribution in [0.5, 0.6) is 0 Å². The van der Waals surface area contributed by atoms with Crippen LogP contribution in [0.1, 0.15) is 37.8 Å². The summed E-state index contributed by atoms with van der Waals surface area (Å²) in [7, 11) is 1.46. The average molecular weight is 303 g/mol. The Morgan fingerprint density at radius 2 is 1.86 bits per heavy atom. The maximum atomic E-state index is 12.6. The molecular formula is C16H21N3O3. The first-order valence-corrected chi connectivity index (χ1v) is 7.24. The minimum Gasteiger partial charge on any atom is -0.358 e. The van der Waals surface area contributed by atoms with Gasteiger partial charge in [-0.25, -0.2) is 4.79 Å². The summed E-state index contributed by atoms with van der Waals surface area (Å²) in [6.45, 7) is 5.55. The zero-order valence-corrected chi connectivity index (χ0v) is 13.3. The molecule has 1 aliphatic heterocycles. The van der Waals surface area contributed by atoms with E-state index in [0.29, 0.717) is 11.5 Å². The molecule has 0 saturated carbocycles. The maximum Gasteiger partial charge on any atom is 0.325 e. The van der Waals surface area contributed by atoms with Gasteiger partial charge in [-0.15, -0.1) is 0 Å². The van der Waals surface area contributed by atoms with E-state index in [1.807, 2.05) is 24.3 Å². The molecular weight excluding hydrogens is 282 g/mol. The molecule has 0 radical (unpaired) electrons. The van der Waals surface area contributed by atoms with Crippen LogP contribution in [-0.4, -0.2) is 36.3 Å². The number of hydrogen-bond donors (Lipinski definition) is 2. The Hall–Kier alpha value is -2.37. The number of imide groups is 1. The van der Waals surface area contributed by atoms with E-state index < -0.39 is 17.5 Å². The van der Waals surface area contributed by atoms with Gasteiger partial charge in [0.25, 0.3) is 5.91 Å². The first-order valence-electron chi connectivity index (χ1n) is 7.24. The van der Waals surface area contributed by atoms with Crippen LogP contribution in [0.15, 0.2) is 24.3 Å². The summed E-state index contributed by atoms with van der Waals surface area (Å²) in [5, 5.41) is 5.09. The number of rotatable bonds is 4. The molecule has 0 aromatic heterocycles. The first-order chi connectivity index (χ1) is 10.3. The molecule has 6 heteroatoms. The van der Waals surface area contributed by atoms with Crippen LogP contribution in [0, 0.1) is 0 Å². The van der Waals surface area contributed by atoms with Gasteiger partial charge in [0.2, 0.25) is 5.91 Å². The zero-order valence-electron chi connectivity index (χ0n) is 13.3. The van der Waals surface area contributed by atoms with Crippen molar-refractivity contribution in [1.29, 1.82) is 0 Å². The van der Waals surface area contributed by atoms with Crippen molar-refractivity contribution < 1.29 is 14.4 Å². The van der Waals surface area contributed by atoms with Gasteiger partial charge in [0.15, 0.2) is 0 Å². The quantitative estimate of drug-likeness (QED) is 0.824. The molecule has 0 bridgehead atoms. The molecule has 1 aromatic rings. The van der Waals surface area contributed by atoms with Gasteiger partial charge < -0.3 is 10.6 Å². The van der Waals surface area contributed by atoms with Crippen LogP contribution in [0.25, 0.3) is 0 Å². The van der Waals surface area contributed by atoms with Crippen LogP contribution in [0.2, 0.25) is 0 Å². The third-order valence-corrected chi connectivity index (χ3v) is 4.01. The minimum absolute atomic E-state index is 0.277. The highest BCUT2D eigenvalue weighted by Gasteiger charge is 2.49. The van der Waals surface area contributed by atoms with Crippen LogP contribution >= 0.6 is 0 Å². The molecule has 1 heterocycles. The average Bonchev–Trinajstić information content (AvgIpc) is 2.71. The number of nitrogens with one attached hydrogen (secondary N) is 2. The summed E-state index contributed by atoms with van der Waals surface area (Å²) in [6, 6.07) is 7.04. The summed E-state index contributed by atoms with van der Waals surface area (Å²) in [6.07, 6.45) is 0. The first kappa shape index (κ1) is 16.0. The number of carbonyl (C=O) groups excluding carboxylic acids is 3. The maximum absolute atomic E-state index is 12.6. The molecule has 1 unspecified atom stereocenters. The van der Waals surface area contributed by atoms with Crippen molar-refractivity contribution in [2.24, 2.45) is 0 Å². The lowest BCUT2D eigenvalue weighted by atomic mass is 9.90. The summed E-state index contributed by atoms with van der Waals surface area (Å²) < 4.78 is 0. The minimum atomic E-state index is -1.14. The Morgan fingerprint density at radius 1 is 1.27 bits per heavy atom. The zero-order chi connectivity index (χ0) is 16.5. The Balaban J connectivity index is 2.28. The van der Waals surface area contributed by atoms with E-state index in [2.05, 4.69) is 24.5 Å². The lowest BCUT2D eigenvalue weighted by Gasteiger charge is -2.22. The fourth-order valence-corrected chi connectivity index (χ4v) is 2.46. The van der Waals surface area contributed by atoms with E-state index in [0.717, 1.165) is 10.5 Å². The molecule has 1 aromatic carbocycles. The molecule has 0 spiro atoms. The lowest BCUT2D eigenvalue weighted by molar-refractivity contribution is -0.134. The smallest absolute Gasteiger partial charge is 0.325 e. The molecule has 1 aliphatic rings. The Labute approximate surface area is 129 Å². The van der Waals surface area contributed by atoms with Crippen molar-refractivity contribution in [3.05, 3.63) is 35.4 Å². The van der Waals surface area contributed by atoms with Crippen LogP contribution in [0.3, 0.4) is 0 Å². The number of likely N-dealkylation sites (N-methyl/N-ethyl adjacent to an activating group) is 1. The normalized spacial score (nSPS) is 21.2. The molecule has 1 atom stereocenters. The summed E-state index contributed by atoms with van der Waals surface area (Å²) >= 11 is 0. The summed E-state index contributed by atoms with van der Waals surface area (Å²) in [5.41, 5.74) is 0.724. The van der Waals surface area contributed by atoms with E-state index in [1.54, 1.807) is 6.92 Å². The second kappa shape index (κ2) is 5.79. The highest BCUT2D eigenvalue weighted by Crippen LogP contribution is 2.29. The van der Waals surface area contributed by atoms with Crippen LogP contribution in [0.4, 0.5) is 4.79 Å². The number of amides is 4. The van der Waals surface area contributed by atoms with E-state index >= 15 is 0 Å². The second-order valence-corrected chi connectivity index (χ2v) is 5.90. The Kier molecular flexibility index (Phi) is 4.21. The molecule has 1 fully saturated rings. The molecule has 0 aliphatic carbocycles. The van der Waals surface area contributed by atoms with Gasteiger partial charge >= 0.3 is 6.03 Å². The summed E-state index contributed by atoms with van der Waals surface area (Å²) in [5.74, 6) is -0.415. The van der Waals surface area contributed by atoms with Gasteiger partial charge in [-0.3, -0.25) is 14.5 Å². The molecule has 22 heavy (non-hydrogen) atoms. The number of nitrogens with zero attached hydrogens (tertiary/aromatic N) is 1. The Bertz CT molecular complexity index is 610. The fraction of sp³-hybridized carbons (Fsp3) is 0.438. The van der Waals surface area contributed by atoms with Crippen molar-refractivity contribution in [1.82, 2.24) is 15.5 Å². The molecule has 6 nitrogen and oxygen atoms in total.